The van der Waals surface area contributed by atoms with Crippen LogP contribution in [0.4, 0.5) is 0 Å². The third-order valence-corrected chi connectivity index (χ3v) is 4.26. The van der Waals surface area contributed by atoms with Gasteiger partial charge in [-0.05, 0) is 18.6 Å². The van der Waals surface area contributed by atoms with E-state index in [0.29, 0.717) is 26.3 Å². The molecule has 1 aliphatic heterocycles. The van der Waals surface area contributed by atoms with Crippen LogP contribution in [0.5, 0.6) is 5.75 Å². The first-order valence-electron chi connectivity index (χ1n) is 8.61. The molecule has 0 spiro atoms. The van der Waals surface area contributed by atoms with Crippen LogP contribution in [-0.2, 0) is 22.7 Å². The summed E-state index contributed by atoms with van der Waals surface area (Å²) < 4.78 is 11.5. The van der Waals surface area contributed by atoms with Crippen molar-refractivity contribution in [2.75, 3.05) is 13.2 Å². The predicted octanol–water partition coefficient (Wildman–Crippen LogP) is 2.68. The van der Waals surface area contributed by atoms with Crippen molar-refractivity contribution in [1.82, 2.24) is 10.6 Å². The molecule has 1 fully saturated rings. The number of carbonyl (C=O) groups is 1. The second-order valence-electron chi connectivity index (χ2n) is 6.11. The highest BCUT2D eigenvalue weighted by Crippen LogP contribution is 2.19. The Morgan fingerprint density at radius 3 is 2.69 bits per heavy atom. The zero-order valence-corrected chi connectivity index (χ0v) is 15.6. The van der Waals surface area contributed by atoms with Crippen LogP contribution in [0.3, 0.4) is 0 Å². The number of hydrogen-bond acceptors (Lipinski definition) is 4. The molecule has 0 aliphatic carbocycles. The van der Waals surface area contributed by atoms with Gasteiger partial charge in [0.2, 0.25) is 5.91 Å². The van der Waals surface area contributed by atoms with Gasteiger partial charge in [-0.2, -0.15) is 0 Å². The Labute approximate surface area is 160 Å². The number of ether oxygens (including phenoxy) is 2. The zero-order valence-electron chi connectivity index (χ0n) is 14.8. The van der Waals surface area contributed by atoms with Gasteiger partial charge in [0.05, 0.1) is 12.7 Å². The quantitative estimate of drug-likeness (QED) is 0.813. The van der Waals surface area contributed by atoms with Gasteiger partial charge < -0.3 is 20.1 Å². The highest BCUT2D eigenvalue weighted by molar-refractivity contribution is 5.85. The lowest BCUT2D eigenvalue weighted by Crippen LogP contribution is -2.55. The van der Waals surface area contributed by atoms with E-state index in [1.54, 1.807) is 0 Å². The van der Waals surface area contributed by atoms with Crippen LogP contribution in [0.1, 0.15) is 18.1 Å². The monoisotopic (exact) mass is 376 g/mol. The van der Waals surface area contributed by atoms with Crippen molar-refractivity contribution < 1.29 is 14.3 Å². The minimum atomic E-state index is -0.314. The molecule has 1 aliphatic rings. The molecule has 3 rings (SSSR count). The summed E-state index contributed by atoms with van der Waals surface area (Å²) in [7, 11) is 0. The number of hydrogen-bond donors (Lipinski definition) is 2. The van der Waals surface area contributed by atoms with Crippen molar-refractivity contribution >= 4 is 18.3 Å². The van der Waals surface area contributed by atoms with Gasteiger partial charge in [-0.25, -0.2) is 0 Å². The molecular formula is C20H25ClN2O3. The summed E-state index contributed by atoms with van der Waals surface area (Å²) in [5.74, 6) is 0.734. The number of amides is 1. The maximum absolute atomic E-state index is 12.4. The third kappa shape index (κ3) is 5.46. The molecule has 1 heterocycles. The van der Waals surface area contributed by atoms with Gasteiger partial charge in [0, 0.05) is 18.7 Å². The highest BCUT2D eigenvalue weighted by Gasteiger charge is 2.28. The molecule has 1 saturated heterocycles. The summed E-state index contributed by atoms with van der Waals surface area (Å²) in [6.45, 7) is 4.17. The molecule has 0 unspecified atom stereocenters. The molecule has 0 radical (unpaired) electrons. The molecule has 6 heteroatoms. The molecule has 0 saturated carbocycles. The van der Waals surface area contributed by atoms with Crippen LogP contribution in [0, 0.1) is 0 Å². The number of morpholine rings is 1. The Hall–Kier alpha value is -2.08. The molecule has 0 aromatic heterocycles. The lowest BCUT2D eigenvalue weighted by atomic mass is 10.1. The van der Waals surface area contributed by atoms with Gasteiger partial charge in [0.1, 0.15) is 18.4 Å². The lowest BCUT2D eigenvalue weighted by molar-refractivity contribution is -0.129. The molecule has 0 bridgehead atoms. The van der Waals surface area contributed by atoms with Crippen LogP contribution in [0.25, 0.3) is 0 Å². The summed E-state index contributed by atoms with van der Waals surface area (Å²) in [4.78, 5) is 12.4. The average molecular weight is 377 g/mol. The molecule has 2 N–H and O–H groups in total. The van der Waals surface area contributed by atoms with Crippen LogP contribution in [-0.4, -0.2) is 31.2 Å². The number of rotatable bonds is 6. The summed E-state index contributed by atoms with van der Waals surface area (Å²) in [5.41, 5.74) is 2.06. The van der Waals surface area contributed by atoms with Crippen molar-refractivity contribution in [3.63, 3.8) is 0 Å². The number of carbonyl (C=O) groups excluding carboxylic acids is 1. The Morgan fingerprint density at radius 2 is 1.92 bits per heavy atom. The fraction of sp³-hybridized carbons (Fsp3) is 0.350. The normalized spacial score (nSPS) is 19.3. The van der Waals surface area contributed by atoms with Gasteiger partial charge in [-0.1, -0.05) is 48.5 Å². The molecule has 5 nitrogen and oxygen atoms in total. The van der Waals surface area contributed by atoms with E-state index in [0.717, 1.165) is 16.9 Å². The second kappa shape index (κ2) is 10.2. The SMILES string of the molecule is C[C@H]1OCCN[C@@H]1C(=O)NCc1ccccc1OCc1ccccc1.Cl. The summed E-state index contributed by atoms with van der Waals surface area (Å²) in [6.07, 6.45) is -0.127. The average Bonchev–Trinajstić information content (AvgIpc) is 2.66. The van der Waals surface area contributed by atoms with E-state index >= 15 is 0 Å². The van der Waals surface area contributed by atoms with Crippen molar-refractivity contribution in [2.24, 2.45) is 0 Å². The number of halogens is 1. The van der Waals surface area contributed by atoms with Crippen molar-refractivity contribution in [1.29, 1.82) is 0 Å². The Morgan fingerprint density at radius 1 is 1.19 bits per heavy atom. The first-order valence-corrected chi connectivity index (χ1v) is 8.61. The Kier molecular flexibility index (Phi) is 7.91. The first-order chi connectivity index (χ1) is 12.2. The fourth-order valence-electron chi connectivity index (χ4n) is 2.85. The molecule has 2 aromatic carbocycles. The smallest absolute Gasteiger partial charge is 0.240 e. The summed E-state index contributed by atoms with van der Waals surface area (Å²) in [5, 5.41) is 6.17. The number of nitrogens with one attached hydrogen (secondary N) is 2. The van der Waals surface area contributed by atoms with Gasteiger partial charge in [-0.3, -0.25) is 4.79 Å². The number of benzene rings is 2. The van der Waals surface area contributed by atoms with Crippen molar-refractivity contribution in [2.45, 2.75) is 32.2 Å². The van der Waals surface area contributed by atoms with Crippen LogP contribution >= 0.6 is 12.4 Å². The third-order valence-electron chi connectivity index (χ3n) is 4.26. The molecule has 140 valence electrons. The van der Waals surface area contributed by atoms with Gasteiger partial charge in [0.25, 0.3) is 0 Å². The van der Waals surface area contributed by atoms with E-state index in [9.17, 15) is 4.79 Å². The van der Waals surface area contributed by atoms with E-state index in [4.69, 9.17) is 9.47 Å². The van der Waals surface area contributed by atoms with E-state index in [2.05, 4.69) is 10.6 Å². The zero-order chi connectivity index (χ0) is 17.5. The maximum Gasteiger partial charge on any atom is 0.240 e. The van der Waals surface area contributed by atoms with Crippen LogP contribution in [0.15, 0.2) is 54.6 Å². The molecular weight excluding hydrogens is 352 g/mol. The van der Waals surface area contributed by atoms with Gasteiger partial charge in [0.15, 0.2) is 0 Å². The first kappa shape index (κ1) is 20.2. The summed E-state index contributed by atoms with van der Waals surface area (Å²) in [6, 6.07) is 17.5. The fourth-order valence-corrected chi connectivity index (χ4v) is 2.85. The highest BCUT2D eigenvalue weighted by atomic mass is 35.5. The predicted molar refractivity (Wildman–Crippen MR) is 104 cm³/mol. The van der Waals surface area contributed by atoms with E-state index in [1.165, 1.54) is 0 Å². The van der Waals surface area contributed by atoms with E-state index in [-0.39, 0.29) is 30.5 Å². The Balaban J connectivity index is 0.00000243. The summed E-state index contributed by atoms with van der Waals surface area (Å²) >= 11 is 0. The van der Waals surface area contributed by atoms with Crippen molar-refractivity contribution in [3.8, 4) is 5.75 Å². The second-order valence-corrected chi connectivity index (χ2v) is 6.11. The molecule has 2 atom stereocenters. The van der Waals surface area contributed by atoms with Gasteiger partial charge >= 0.3 is 0 Å². The standard InChI is InChI=1S/C20H24N2O3.ClH/c1-15-19(21-11-12-24-15)20(23)22-13-17-9-5-6-10-18(17)25-14-16-7-3-2-4-8-16;/h2-10,15,19,21H,11-14H2,1H3,(H,22,23);1H/t15-,19+;/m1./s1. The minimum Gasteiger partial charge on any atom is -0.489 e. The Bertz CT molecular complexity index is 696. The van der Waals surface area contributed by atoms with Crippen LogP contribution < -0.4 is 15.4 Å². The van der Waals surface area contributed by atoms with E-state index in [1.807, 2.05) is 61.5 Å². The van der Waals surface area contributed by atoms with Crippen molar-refractivity contribution in [3.05, 3.63) is 65.7 Å². The molecule has 26 heavy (non-hydrogen) atoms. The van der Waals surface area contributed by atoms with E-state index < -0.39 is 0 Å². The minimum absolute atomic E-state index is 0. The molecule has 2 aromatic rings. The van der Waals surface area contributed by atoms with Gasteiger partial charge in [-0.15, -0.1) is 12.4 Å². The lowest BCUT2D eigenvalue weighted by Gasteiger charge is -2.29. The maximum atomic E-state index is 12.4. The largest absolute Gasteiger partial charge is 0.489 e. The topological polar surface area (TPSA) is 59.6 Å². The molecule has 1 amide bonds. The van der Waals surface area contributed by atoms with Crippen LogP contribution in [0.2, 0.25) is 0 Å². The number of para-hydroxylation sites is 1.